The molecule has 4 nitrogen and oxygen atoms in total. The molecule has 126 valence electrons. The van der Waals surface area contributed by atoms with Gasteiger partial charge in [-0.15, -0.1) is 0 Å². The van der Waals surface area contributed by atoms with Gasteiger partial charge in [0.2, 0.25) is 5.91 Å². The zero-order valence-electron chi connectivity index (χ0n) is 13.9. The minimum Gasteiger partial charge on any atom is -0.478 e. The Kier molecular flexibility index (Phi) is 6.55. The largest absolute Gasteiger partial charge is 0.478 e. The third kappa shape index (κ3) is 5.54. The van der Waals surface area contributed by atoms with Gasteiger partial charge in [0.1, 0.15) is 0 Å². The van der Waals surface area contributed by atoms with Crippen LogP contribution in [0.3, 0.4) is 0 Å². The molecule has 1 atom stereocenters. The summed E-state index contributed by atoms with van der Waals surface area (Å²) in [6, 6.07) is 16.9. The minimum absolute atomic E-state index is 0.0555. The minimum atomic E-state index is -0.928. The summed E-state index contributed by atoms with van der Waals surface area (Å²) >= 11 is 0. The van der Waals surface area contributed by atoms with Crippen molar-refractivity contribution in [3.63, 3.8) is 0 Å². The maximum Gasteiger partial charge on any atom is 0.335 e. The third-order valence-electron chi connectivity index (χ3n) is 4.11. The molecule has 1 unspecified atom stereocenters. The van der Waals surface area contributed by atoms with Crippen LogP contribution in [0.5, 0.6) is 0 Å². The Morgan fingerprint density at radius 2 is 1.71 bits per heavy atom. The number of hydrogen-bond donors (Lipinski definition) is 2. The van der Waals surface area contributed by atoms with Gasteiger partial charge in [0.05, 0.1) is 5.56 Å². The molecule has 0 aromatic heterocycles. The lowest BCUT2D eigenvalue weighted by molar-refractivity contribution is -0.121. The molecule has 0 heterocycles. The van der Waals surface area contributed by atoms with E-state index < -0.39 is 5.97 Å². The Bertz CT molecular complexity index is 665. The van der Waals surface area contributed by atoms with Gasteiger partial charge in [0, 0.05) is 13.0 Å². The van der Waals surface area contributed by atoms with E-state index in [4.69, 9.17) is 5.11 Å². The maximum absolute atomic E-state index is 11.9. The molecule has 0 bridgehead atoms. The Balaban J connectivity index is 1.68. The lowest BCUT2D eigenvalue weighted by atomic mass is 9.96. The number of carbonyl (C=O) groups excluding carboxylic acids is 1. The molecule has 0 saturated carbocycles. The second kappa shape index (κ2) is 8.87. The second-order valence-corrected chi connectivity index (χ2v) is 5.95. The van der Waals surface area contributed by atoms with Crippen molar-refractivity contribution in [2.45, 2.75) is 32.1 Å². The highest BCUT2D eigenvalue weighted by Crippen LogP contribution is 2.19. The molecule has 0 aliphatic rings. The first-order chi connectivity index (χ1) is 11.6. The van der Waals surface area contributed by atoms with Gasteiger partial charge in [-0.25, -0.2) is 4.79 Å². The fourth-order valence-electron chi connectivity index (χ4n) is 2.54. The number of carboxylic acids is 1. The topological polar surface area (TPSA) is 66.4 Å². The quantitative estimate of drug-likeness (QED) is 0.779. The number of benzene rings is 2. The first-order valence-corrected chi connectivity index (χ1v) is 8.20. The number of rotatable bonds is 8. The van der Waals surface area contributed by atoms with E-state index in [2.05, 4.69) is 24.4 Å². The van der Waals surface area contributed by atoms with E-state index in [0.29, 0.717) is 25.3 Å². The molecule has 2 rings (SSSR count). The molecule has 0 aliphatic carbocycles. The summed E-state index contributed by atoms with van der Waals surface area (Å²) in [5.41, 5.74) is 2.54. The predicted octanol–water partition coefficient (Wildman–Crippen LogP) is 3.63. The third-order valence-corrected chi connectivity index (χ3v) is 4.11. The van der Waals surface area contributed by atoms with Crippen LogP contribution in [0.15, 0.2) is 54.6 Å². The number of carboxylic acid groups (broad SMARTS) is 1. The van der Waals surface area contributed by atoms with Crippen molar-refractivity contribution in [2.75, 3.05) is 6.54 Å². The first-order valence-electron chi connectivity index (χ1n) is 8.20. The Morgan fingerprint density at radius 3 is 2.33 bits per heavy atom. The molecule has 2 N–H and O–H groups in total. The smallest absolute Gasteiger partial charge is 0.335 e. The zero-order chi connectivity index (χ0) is 17.4. The number of hydrogen-bond acceptors (Lipinski definition) is 2. The van der Waals surface area contributed by atoms with Gasteiger partial charge in [-0.1, -0.05) is 49.4 Å². The molecule has 4 heteroatoms. The van der Waals surface area contributed by atoms with Gasteiger partial charge in [0.15, 0.2) is 0 Å². The highest BCUT2D eigenvalue weighted by molar-refractivity contribution is 5.87. The van der Waals surface area contributed by atoms with Gasteiger partial charge in [-0.05, 0) is 42.0 Å². The van der Waals surface area contributed by atoms with E-state index in [1.165, 1.54) is 5.56 Å². The Morgan fingerprint density at radius 1 is 1.04 bits per heavy atom. The molecule has 0 aliphatic heterocycles. The highest BCUT2D eigenvalue weighted by atomic mass is 16.4. The number of aromatic carboxylic acids is 1. The monoisotopic (exact) mass is 325 g/mol. The van der Waals surface area contributed by atoms with Crippen LogP contribution < -0.4 is 5.32 Å². The molecule has 0 fully saturated rings. The normalized spacial score (nSPS) is 11.7. The predicted molar refractivity (Wildman–Crippen MR) is 94.2 cm³/mol. The number of nitrogens with one attached hydrogen (secondary N) is 1. The van der Waals surface area contributed by atoms with Crippen LogP contribution in [-0.4, -0.2) is 23.5 Å². The number of carbonyl (C=O) groups is 2. The molecule has 0 spiro atoms. The average molecular weight is 325 g/mol. The van der Waals surface area contributed by atoms with Gasteiger partial charge < -0.3 is 10.4 Å². The van der Waals surface area contributed by atoms with Crippen molar-refractivity contribution < 1.29 is 14.7 Å². The van der Waals surface area contributed by atoms with E-state index in [9.17, 15) is 9.59 Å². The second-order valence-electron chi connectivity index (χ2n) is 5.95. The van der Waals surface area contributed by atoms with Crippen LogP contribution in [-0.2, 0) is 11.2 Å². The summed E-state index contributed by atoms with van der Waals surface area (Å²) in [6.45, 7) is 2.69. The fourth-order valence-corrected chi connectivity index (χ4v) is 2.54. The summed E-state index contributed by atoms with van der Waals surface area (Å²) < 4.78 is 0. The molecule has 2 aromatic carbocycles. The maximum atomic E-state index is 11.9. The van der Waals surface area contributed by atoms with Gasteiger partial charge in [0.25, 0.3) is 0 Å². The molecular weight excluding hydrogens is 302 g/mol. The van der Waals surface area contributed by atoms with Crippen molar-refractivity contribution in [1.29, 1.82) is 0 Å². The first kappa shape index (κ1) is 17.7. The van der Waals surface area contributed by atoms with Crippen molar-refractivity contribution in [2.24, 2.45) is 0 Å². The van der Waals surface area contributed by atoms with Crippen LogP contribution in [0.2, 0.25) is 0 Å². The number of amides is 1. The zero-order valence-corrected chi connectivity index (χ0v) is 13.9. The average Bonchev–Trinajstić information content (AvgIpc) is 2.61. The van der Waals surface area contributed by atoms with Crippen LogP contribution in [0.4, 0.5) is 0 Å². The van der Waals surface area contributed by atoms with Gasteiger partial charge >= 0.3 is 5.97 Å². The molecule has 0 radical (unpaired) electrons. The van der Waals surface area contributed by atoms with Crippen LogP contribution in [0, 0.1) is 0 Å². The molecule has 2 aromatic rings. The molecule has 1 amide bonds. The lowest BCUT2D eigenvalue weighted by Crippen LogP contribution is -2.25. The van der Waals surface area contributed by atoms with Crippen molar-refractivity contribution >= 4 is 11.9 Å². The van der Waals surface area contributed by atoms with Crippen molar-refractivity contribution in [1.82, 2.24) is 5.32 Å². The Labute approximate surface area is 142 Å². The Hall–Kier alpha value is -2.62. The summed E-state index contributed by atoms with van der Waals surface area (Å²) in [5.74, 6) is -0.511. The van der Waals surface area contributed by atoms with Crippen molar-refractivity contribution in [3.05, 3.63) is 71.3 Å². The van der Waals surface area contributed by atoms with Gasteiger partial charge in [-0.3, -0.25) is 4.79 Å². The lowest BCUT2D eigenvalue weighted by Gasteiger charge is -2.11. The van der Waals surface area contributed by atoms with Gasteiger partial charge in [-0.2, -0.15) is 0 Å². The van der Waals surface area contributed by atoms with Crippen LogP contribution in [0.25, 0.3) is 0 Å². The molecule has 0 saturated heterocycles. The highest BCUT2D eigenvalue weighted by Gasteiger charge is 2.08. The van der Waals surface area contributed by atoms with Crippen molar-refractivity contribution in [3.8, 4) is 0 Å². The van der Waals surface area contributed by atoms with E-state index >= 15 is 0 Å². The van der Waals surface area contributed by atoms with E-state index in [1.54, 1.807) is 24.3 Å². The SMILES string of the molecule is CC(CCC(=O)NCCc1ccc(C(=O)O)cc1)c1ccccc1. The fraction of sp³-hybridized carbons (Fsp3) is 0.300. The van der Waals surface area contributed by atoms with Crippen LogP contribution >= 0.6 is 0 Å². The van der Waals surface area contributed by atoms with E-state index in [-0.39, 0.29) is 11.5 Å². The van der Waals surface area contributed by atoms with E-state index in [1.807, 2.05) is 18.2 Å². The van der Waals surface area contributed by atoms with Crippen LogP contribution in [0.1, 0.15) is 47.2 Å². The molecular formula is C20H23NO3. The van der Waals surface area contributed by atoms with E-state index in [0.717, 1.165) is 12.0 Å². The standard InChI is InChI=1S/C20H23NO3/c1-15(17-5-3-2-4-6-17)7-12-19(22)21-14-13-16-8-10-18(11-9-16)20(23)24/h2-6,8-11,15H,7,12-14H2,1H3,(H,21,22)(H,23,24). The summed E-state index contributed by atoms with van der Waals surface area (Å²) in [6.07, 6.45) is 2.02. The molecule has 24 heavy (non-hydrogen) atoms. The summed E-state index contributed by atoms with van der Waals surface area (Å²) in [4.78, 5) is 22.7. The summed E-state index contributed by atoms with van der Waals surface area (Å²) in [7, 11) is 0. The summed E-state index contributed by atoms with van der Waals surface area (Å²) in [5, 5.41) is 11.8.